The summed E-state index contributed by atoms with van der Waals surface area (Å²) in [6.07, 6.45) is 3.47. The highest BCUT2D eigenvalue weighted by Crippen LogP contribution is 2.24. The molecule has 0 radical (unpaired) electrons. The highest BCUT2D eigenvalue weighted by Gasteiger charge is 2.26. The molecule has 7 heteroatoms. The number of piperidine rings is 1. The Labute approximate surface area is 164 Å². The number of thiazole rings is 1. The standard InChI is InChI=1S/C20H28N4O2S/c1-13-18(27-14(2)22-13)19(26)23-8-6-15(7-9-23)11-24-12-21-16(10-17(24)25)20(3,4)5/h10,12,15H,6-9,11H2,1-5H3. The van der Waals surface area contributed by atoms with Crippen molar-refractivity contribution in [3.63, 3.8) is 0 Å². The van der Waals surface area contributed by atoms with Crippen molar-refractivity contribution in [3.8, 4) is 0 Å². The summed E-state index contributed by atoms with van der Waals surface area (Å²) in [4.78, 5) is 36.6. The molecule has 1 aliphatic heterocycles. The molecule has 1 amide bonds. The molecule has 0 spiro atoms. The predicted molar refractivity (Wildman–Crippen MR) is 107 cm³/mol. The maximum Gasteiger partial charge on any atom is 0.265 e. The van der Waals surface area contributed by atoms with Gasteiger partial charge in [0.05, 0.1) is 22.7 Å². The van der Waals surface area contributed by atoms with Gasteiger partial charge in [-0.25, -0.2) is 9.97 Å². The summed E-state index contributed by atoms with van der Waals surface area (Å²) in [6.45, 7) is 12.1. The van der Waals surface area contributed by atoms with E-state index < -0.39 is 0 Å². The van der Waals surface area contributed by atoms with Crippen molar-refractivity contribution in [2.24, 2.45) is 5.92 Å². The Balaban J connectivity index is 1.61. The van der Waals surface area contributed by atoms with Crippen LogP contribution in [0.15, 0.2) is 17.2 Å². The minimum Gasteiger partial charge on any atom is -0.338 e. The van der Waals surface area contributed by atoms with Crippen LogP contribution in [-0.2, 0) is 12.0 Å². The van der Waals surface area contributed by atoms with E-state index in [-0.39, 0.29) is 16.9 Å². The van der Waals surface area contributed by atoms with Gasteiger partial charge in [-0.2, -0.15) is 0 Å². The first-order valence-electron chi connectivity index (χ1n) is 9.45. The van der Waals surface area contributed by atoms with Crippen molar-refractivity contribution in [1.82, 2.24) is 19.4 Å². The third kappa shape index (κ3) is 4.46. The van der Waals surface area contributed by atoms with Gasteiger partial charge in [-0.1, -0.05) is 20.8 Å². The van der Waals surface area contributed by atoms with Crippen molar-refractivity contribution in [1.29, 1.82) is 0 Å². The number of nitrogens with zero attached hydrogens (tertiary/aromatic N) is 4. The molecule has 0 bridgehead atoms. The molecule has 1 fully saturated rings. The minimum atomic E-state index is -0.128. The molecule has 3 heterocycles. The molecule has 0 unspecified atom stereocenters. The lowest BCUT2D eigenvalue weighted by Gasteiger charge is -2.32. The summed E-state index contributed by atoms with van der Waals surface area (Å²) in [5.41, 5.74) is 1.52. The van der Waals surface area contributed by atoms with Gasteiger partial charge in [-0.15, -0.1) is 11.3 Å². The summed E-state index contributed by atoms with van der Waals surface area (Å²) in [7, 11) is 0. The minimum absolute atomic E-state index is 0.00388. The first-order valence-corrected chi connectivity index (χ1v) is 10.3. The number of aromatic nitrogens is 3. The van der Waals surface area contributed by atoms with Crippen LogP contribution in [0.1, 0.15) is 59.7 Å². The van der Waals surface area contributed by atoms with Crippen LogP contribution < -0.4 is 5.56 Å². The Bertz CT molecular complexity index is 886. The number of hydrogen-bond donors (Lipinski definition) is 0. The van der Waals surface area contributed by atoms with E-state index >= 15 is 0 Å². The summed E-state index contributed by atoms with van der Waals surface area (Å²) in [5.74, 6) is 0.475. The van der Waals surface area contributed by atoms with E-state index in [9.17, 15) is 9.59 Å². The maximum absolute atomic E-state index is 12.7. The number of rotatable bonds is 3. The smallest absolute Gasteiger partial charge is 0.265 e. The van der Waals surface area contributed by atoms with Crippen LogP contribution in [0, 0.1) is 19.8 Å². The highest BCUT2D eigenvalue weighted by molar-refractivity contribution is 7.13. The van der Waals surface area contributed by atoms with Crippen molar-refractivity contribution < 1.29 is 4.79 Å². The Morgan fingerprint density at radius 2 is 1.93 bits per heavy atom. The Morgan fingerprint density at radius 1 is 1.26 bits per heavy atom. The number of carbonyl (C=O) groups excluding carboxylic acids is 1. The second-order valence-corrected chi connectivity index (χ2v) is 9.60. The molecular formula is C20H28N4O2S. The highest BCUT2D eigenvalue weighted by atomic mass is 32.1. The molecular weight excluding hydrogens is 360 g/mol. The molecule has 0 atom stereocenters. The van der Waals surface area contributed by atoms with E-state index in [1.807, 2.05) is 18.7 Å². The molecule has 3 rings (SSSR count). The second-order valence-electron chi connectivity index (χ2n) is 8.40. The molecule has 27 heavy (non-hydrogen) atoms. The van der Waals surface area contributed by atoms with E-state index in [1.54, 1.807) is 17.0 Å². The van der Waals surface area contributed by atoms with Gasteiger partial charge in [-0.3, -0.25) is 14.2 Å². The third-order valence-corrected chi connectivity index (χ3v) is 6.16. The molecule has 0 aromatic carbocycles. The Morgan fingerprint density at radius 3 is 2.44 bits per heavy atom. The first-order chi connectivity index (χ1) is 12.6. The number of amides is 1. The van der Waals surface area contributed by atoms with Gasteiger partial charge in [0.25, 0.3) is 11.5 Å². The normalized spacial score (nSPS) is 16.0. The number of carbonyl (C=O) groups is 1. The van der Waals surface area contributed by atoms with Crippen LogP contribution in [0.25, 0.3) is 0 Å². The Hall–Kier alpha value is -2.02. The molecule has 2 aromatic rings. The number of likely N-dealkylation sites (tertiary alicyclic amines) is 1. The van der Waals surface area contributed by atoms with Crippen LogP contribution >= 0.6 is 11.3 Å². The summed E-state index contributed by atoms with van der Waals surface area (Å²) < 4.78 is 1.70. The van der Waals surface area contributed by atoms with Gasteiger partial charge in [-0.05, 0) is 32.6 Å². The zero-order valence-electron chi connectivity index (χ0n) is 16.8. The number of hydrogen-bond acceptors (Lipinski definition) is 5. The van der Waals surface area contributed by atoms with Crippen molar-refractivity contribution >= 4 is 17.2 Å². The second kappa shape index (κ2) is 7.54. The van der Waals surface area contributed by atoms with Crippen LogP contribution in [0.4, 0.5) is 0 Å². The van der Waals surface area contributed by atoms with Crippen LogP contribution in [0.3, 0.4) is 0 Å². The monoisotopic (exact) mass is 388 g/mol. The molecule has 0 N–H and O–H groups in total. The number of aryl methyl sites for hydroxylation is 2. The van der Waals surface area contributed by atoms with Gasteiger partial charge >= 0.3 is 0 Å². The lowest BCUT2D eigenvalue weighted by atomic mass is 9.92. The quantitative estimate of drug-likeness (QED) is 0.810. The maximum atomic E-state index is 12.7. The summed E-state index contributed by atoms with van der Waals surface area (Å²) in [5, 5.41) is 0.927. The van der Waals surface area contributed by atoms with Gasteiger partial charge in [0.15, 0.2) is 0 Å². The van der Waals surface area contributed by atoms with Gasteiger partial charge in [0.1, 0.15) is 4.88 Å². The van der Waals surface area contributed by atoms with E-state index in [4.69, 9.17) is 0 Å². The fraction of sp³-hybridized carbons (Fsp3) is 0.600. The molecule has 2 aromatic heterocycles. The van der Waals surface area contributed by atoms with Gasteiger partial charge < -0.3 is 4.90 Å². The average Bonchev–Trinajstić information content (AvgIpc) is 2.94. The molecule has 1 aliphatic rings. The lowest BCUT2D eigenvalue weighted by molar-refractivity contribution is 0.0686. The van der Waals surface area contributed by atoms with Crippen LogP contribution in [0.2, 0.25) is 0 Å². The van der Waals surface area contributed by atoms with Crippen molar-refractivity contribution in [2.75, 3.05) is 13.1 Å². The fourth-order valence-corrected chi connectivity index (χ4v) is 4.33. The summed E-state index contributed by atoms with van der Waals surface area (Å²) in [6, 6.07) is 1.65. The first kappa shape index (κ1) is 19.7. The molecule has 1 saturated heterocycles. The van der Waals surface area contributed by atoms with Gasteiger partial charge in [0.2, 0.25) is 0 Å². The SMILES string of the molecule is Cc1nc(C)c(C(=O)N2CCC(Cn3cnc(C(C)(C)C)cc3=O)CC2)s1. The average molecular weight is 389 g/mol. The zero-order chi connectivity index (χ0) is 19.8. The van der Waals surface area contributed by atoms with Gasteiger partial charge in [0, 0.05) is 31.1 Å². The zero-order valence-corrected chi connectivity index (χ0v) is 17.6. The van der Waals surface area contributed by atoms with E-state index in [0.717, 1.165) is 47.2 Å². The Kier molecular flexibility index (Phi) is 5.51. The van der Waals surface area contributed by atoms with Crippen LogP contribution in [0.5, 0.6) is 0 Å². The molecule has 0 aliphatic carbocycles. The van der Waals surface area contributed by atoms with Crippen LogP contribution in [-0.4, -0.2) is 38.4 Å². The topological polar surface area (TPSA) is 68.1 Å². The van der Waals surface area contributed by atoms with E-state index in [1.165, 1.54) is 11.3 Å². The van der Waals surface area contributed by atoms with E-state index in [2.05, 4.69) is 30.7 Å². The molecule has 146 valence electrons. The predicted octanol–water partition coefficient (Wildman–Crippen LogP) is 3.17. The third-order valence-electron chi connectivity index (χ3n) is 5.10. The molecule has 6 nitrogen and oxygen atoms in total. The summed E-state index contributed by atoms with van der Waals surface area (Å²) >= 11 is 1.47. The van der Waals surface area contributed by atoms with E-state index in [0.29, 0.717) is 12.5 Å². The molecule has 0 saturated carbocycles. The lowest BCUT2D eigenvalue weighted by Crippen LogP contribution is -2.40. The van der Waals surface area contributed by atoms with Crippen molar-refractivity contribution in [2.45, 2.75) is 59.4 Å². The fourth-order valence-electron chi connectivity index (χ4n) is 3.44. The largest absolute Gasteiger partial charge is 0.338 e. The van der Waals surface area contributed by atoms with Crippen molar-refractivity contribution in [3.05, 3.63) is 44.0 Å².